The highest BCUT2D eigenvalue weighted by Crippen LogP contribution is 2.48. The van der Waals surface area contributed by atoms with Crippen molar-refractivity contribution in [1.29, 1.82) is 0 Å². The Kier molecular flexibility index (Phi) is 15.1. The highest BCUT2D eigenvalue weighted by atomic mass is 31.2. The normalized spacial score (nSPS) is 15.1. The Morgan fingerprint density at radius 1 is 0.750 bits per heavy atom. The van der Waals surface area contributed by atoms with Gasteiger partial charge in [0.15, 0.2) is 0 Å². The van der Waals surface area contributed by atoms with Crippen LogP contribution < -0.4 is 0 Å². The first kappa shape index (κ1) is 25.7. The first-order valence-corrected chi connectivity index (χ1v) is 14.3. The SMILES string of the molecule is CCCCP(=O)(CCCC)CCCCCCCCCCC(=O)N1CCOCC1. The van der Waals surface area contributed by atoms with Crippen LogP contribution in [-0.2, 0) is 14.1 Å². The van der Waals surface area contributed by atoms with E-state index in [0.717, 1.165) is 70.1 Å². The van der Waals surface area contributed by atoms with Gasteiger partial charge in [-0.05, 0) is 25.7 Å². The molecule has 0 aromatic heterocycles. The number of carbonyl (C=O) groups is 1. The lowest BCUT2D eigenvalue weighted by atomic mass is 10.1. The van der Waals surface area contributed by atoms with Crippen molar-refractivity contribution < 1.29 is 14.1 Å². The quantitative estimate of drug-likeness (QED) is 0.206. The van der Waals surface area contributed by atoms with E-state index < -0.39 is 7.14 Å². The summed E-state index contributed by atoms with van der Waals surface area (Å²) in [6, 6.07) is 0. The van der Waals surface area contributed by atoms with Crippen LogP contribution in [0.1, 0.15) is 97.3 Å². The molecule has 166 valence electrons. The van der Waals surface area contributed by atoms with E-state index >= 15 is 0 Å². The van der Waals surface area contributed by atoms with E-state index in [2.05, 4.69) is 13.8 Å². The van der Waals surface area contributed by atoms with Gasteiger partial charge in [-0.3, -0.25) is 4.79 Å². The fourth-order valence-electron chi connectivity index (χ4n) is 3.94. The van der Waals surface area contributed by atoms with Gasteiger partial charge in [0.2, 0.25) is 5.91 Å². The molecule has 0 unspecified atom stereocenters. The zero-order chi connectivity index (χ0) is 20.5. The molecule has 0 radical (unpaired) electrons. The fourth-order valence-corrected chi connectivity index (χ4v) is 7.19. The van der Waals surface area contributed by atoms with Gasteiger partial charge in [0.05, 0.1) is 20.4 Å². The summed E-state index contributed by atoms with van der Waals surface area (Å²) in [7, 11) is -1.89. The van der Waals surface area contributed by atoms with Gasteiger partial charge >= 0.3 is 0 Å². The molecule has 0 saturated carbocycles. The zero-order valence-corrected chi connectivity index (χ0v) is 19.7. The number of hydrogen-bond acceptors (Lipinski definition) is 3. The lowest BCUT2D eigenvalue weighted by Gasteiger charge is -2.26. The smallest absolute Gasteiger partial charge is 0.222 e. The number of rotatable bonds is 17. The molecule has 0 aromatic rings. The van der Waals surface area contributed by atoms with Crippen molar-refractivity contribution in [3.05, 3.63) is 0 Å². The molecule has 0 aliphatic carbocycles. The summed E-state index contributed by atoms with van der Waals surface area (Å²) in [5.74, 6) is 0.305. The summed E-state index contributed by atoms with van der Waals surface area (Å²) in [4.78, 5) is 14.0. The number of unbranched alkanes of at least 4 members (excludes halogenated alkanes) is 9. The largest absolute Gasteiger partial charge is 0.378 e. The summed E-state index contributed by atoms with van der Waals surface area (Å²) in [6.45, 7) is 7.31. The minimum absolute atomic E-state index is 0.305. The van der Waals surface area contributed by atoms with Crippen molar-refractivity contribution in [2.24, 2.45) is 0 Å². The topological polar surface area (TPSA) is 46.6 Å². The monoisotopic (exact) mass is 415 g/mol. The molecule has 1 fully saturated rings. The molecule has 28 heavy (non-hydrogen) atoms. The zero-order valence-electron chi connectivity index (χ0n) is 18.8. The number of carbonyl (C=O) groups excluding carboxylic acids is 1. The first-order chi connectivity index (χ1) is 13.6. The van der Waals surface area contributed by atoms with Crippen LogP contribution in [0.3, 0.4) is 0 Å². The maximum Gasteiger partial charge on any atom is 0.222 e. The number of hydrogen-bond donors (Lipinski definition) is 0. The Hall–Kier alpha value is -0.340. The second kappa shape index (κ2) is 16.5. The Morgan fingerprint density at radius 2 is 1.21 bits per heavy atom. The van der Waals surface area contributed by atoms with Gasteiger partial charge in [0, 0.05) is 38.0 Å². The number of nitrogens with zero attached hydrogens (tertiary/aromatic N) is 1. The van der Waals surface area contributed by atoms with E-state index in [-0.39, 0.29) is 0 Å². The predicted octanol–water partition coefficient (Wildman–Crippen LogP) is 6.32. The van der Waals surface area contributed by atoms with E-state index in [1.165, 1.54) is 38.5 Å². The van der Waals surface area contributed by atoms with Crippen LogP contribution in [0.4, 0.5) is 0 Å². The molecule has 1 aliphatic heterocycles. The van der Waals surface area contributed by atoms with Gasteiger partial charge in [-0.1, -0.05) is 65.2 Å². The summed E-state index contributed by atoms with van der Waals surface area (Å²) in [5.41, 5.74) is 0. The Bertz CT molecular complexity index is 424. The van der Waals surface area contributed by atoms with E-state index in [0.29, 0.717) is 25.5 Å². The Balaban J connectivity index is 1.97. The Labute approximate surface area is 174 Å². The molecule has 0 atom stereocenters. The molecular weight excluding hydrogens is 369 g/mol. The van der Waals surface area contributed by atoms with Gasteiger partial charge < -0.3 is 14.2 Å². The van der Waals surface area contributed by atoms with Crippen LogP contribution in [0.5, 0.6) is 0 Å². The average Bonchev–Trinajstić information content (AvgIpc) is 2.72. The van der Waals surface area contributed by atoms with E-state index in [1.807, 2.05) is 4.90 Å². The summed E-state index contributed by atoms with van der Waals surface area (Å²) >= 11 is 0. The van der Waals surface area contributed by atoms with Crippen molar-refractivity contribution >= 4 is 13.0 Å². The maximum atomic E-state index is 13.1. The maximum absolute atomic E-state index is 13.1. The third-order valence-corrected chi connectivity index (χ3v) is 9.30. The van der Waals surface area contributed by atoms with E-state index in [1.54, 1.807) is 0 Å². The lowest BCUT2D eigenvalue weighted by molar-refractivity contribution is -0.135. The van der Waals surface area contributed by atoms with E-state index in [4.69, 9.17) is 4.74 Å². The molecule has 1 amide bonds. The van der Waals surface area contributed by atoms with Crippen molar-refractivity contribution in [3.8, 4) is 0 Å². The van der Waals surface area contributed by atoms with Gasteiger partial charge in [-0.25, -0.2) is 0 Å². The van der Waals surface area contributed by atoms with Crippen LogP contribution in [-0.4, -0.2) is 55.6 Å². The molecule has 5 heteroatoms. The predicted molar refractivity (Wildman–Crippen MR) is 121 cm³/mol. The minimum Gasteiger partial charge on any atom is -0.378 e. The van der Waals surface area contributed by atoms with Gasteiger partial charge in [0.25, 0.3) is 0 Å². The van der Waals surface area contributed by atoms with Crippen molar-refractivity contribution in [2.75, 3.05) is 44.8 Å². The fraction of sp³-hybridized carbons (Fsp3) is 0.957. The lowest BCUT2D eigenvalue weighted by Crippen LogP contribution is -2.40. The van der Waals surface area contributed by atoms with Crippen molar-refractivity contribution in [1.82, 2.24) is 4.90 Å². The number of amides is 1. The summed E-state index contributed by atoms with van der Waals surface area (Å²) in [5, 5.41) is 0. The molecule has 1 aliphatic rings. The molecule has 4 nitrogen and oxygen atoms in total. The average molecular weight is 416 g/mol. The van der Waals surface area contributed by atoms with Crippen LogP contribution in [0.2, 0.25) is 0 Å². The number of ether oxygens (including phenoxy) is 1. The molecular formula is C23H46NO3P. The highest BCUT2D eigenvalue weighted by molar-refractivity contribution is 7.63. The second-order valence-corrected chi connectivity index (χ2v) is 12.0. The van der Waals surface area contributed by atoms with Crippen molar-refractivity contribution in [2.45, 2.75) is 97.3 Å². The van der Waals surface area contributed by atoms with Gasteiger partial charge in [-0.2, -0.15) is 0 Å². The van der Waals surface area contributed by atoms with Crippen LogP contribution >= 0.6 is 7.14 Å². The van der Waals surface area contributed by atoms with Crippen molar-refractivity contribution in [3.63, 3.8) is 0 Å². The molecule has 0 bridgehead atoms. The van der Waals surface area contributed by atoms with E-state index in [9.17, 15) is 9.36 Å². The Morgan fingerprint density at radius 3 is 1.75 bits per heavy atom. The summed E-state index contributed by atoms with van der Waals surface area (Å²) in [6.07, 6.45) is 17.9. The molecule has 0 N–H and O–H groups in total. The van der Waals surface area contributed by atoms with Crippen LogP contribution in [0.15, 0.2) is 0 Å². The third kappa shape index (κ3) is 12.3. The second-order valence-electron chi connectivity index (χ2n) is 8.51. The van der Waals surface area contributed by atoms with Crippen LogP contribution in [0.25, 0.3) is 0 Å². The molecule has 1 heterocycles. The molecule has 0 spiro atoms. The highest BCUT2D eigenvalue weighted by Gasteiger charge is 2.20. The standard InChI is InChI=1S/C23H46NO3P/c1-3-5-20-28(26,21-6-4-2)22-14-12-10-8-7-9-11-13-15-23(25)24-16-18-27-19-17-24/h3-22H2,1-2H3. The molecule has 1 rings (SSSR count). The van der Waals surface area contributed by atoms with Gasteiger partial charge in [-0.15, -0.1) is 0 Å². The number of morpholine rings is 1. The molecule has 0 aromatic carbocycles. The molecule has 1 saturated heterocycles. The first-order valence-electron chi connectivity index (χ1n) is 12.0. The van der Waals surface area contributed by atoms with Gasteiger partial charge in [0.1, 0.15) is 0 Å². The summed E-state index contributed by atoms with van der Waals surface area (Å²) < 4.78 is 18.4. The minimum atomic E-state index is -1.89. The van der Waals surface area contributed by atoms with Crippen LogP contribution in [0, 0.1) is 0 Å². The third-order valence-electron chi connectivity index (χ3n) is 5.91.